The zero-order chi connectivity index (χ0) is 11.6. The molecular weight excluding hydrogens is 204 g/mol. The normalized spacial score (nSPS) is 25.5. The Morgan fingerprint density at radius 3 is 2.88 bits per heavy atom. The van der Waals surface area contributed by atoms with Crippen LogP contribution in [-0.2, 0) is 12.1 Å². The summed E-state index contributed by atoms with van der Waals surface area (Å²) < 4.78 is 5.39. The first-order valence-electron chi connectivity index (χ1n) is 5.89. The molecule has 0 spiro atoms. The predicted octanol–water partition coefficient (Wildman–Crippen LogP) is 1.12. The summed E-state index contributed by atoms with van der Waals surface area (Å²) in [7, 11) is 4.00. The molecule has 1 saturated heterocycles. The van der Waals surface area contributed by atoms with Gasteiger partial charge < -0.3 is 14.7 Å². The topological polar surface area (TPSA) is 54.2 Å². The number of hydrogen-bond acceptors (Lipinski definition) is 5. The van der Waals surface area contributed by atoms with Gasteiger partial charge in [0, 0.05) is 0 Å². The van der Waals surface area contributed by atoms with E-state index in [0.717, 1.165) is 37.6 Å². The lowest BCUT2D eigenvalue weighted by Crippen LogP contribution is -2.36. The van der Waals surface area contributed by atoms with Crippen LogP contribution in [-0.4, -0.2) is 35.7 Å². The zero-order valence-electron chi connectivity index (χ0n) is 10.3. The third kappa shape index (κ3) is 2.10. The molecule has 1 atom stereocenters. The molecule has 0 saturated carbocycles. The molecule has 0 bridgehead atoms. The summed E-state index contributed by atoms with van der Waals surface area (Å²) in [6, 6.07) is 0. The molecule has 5 heteroatoms. The van der Waals surface area contributed by atoms with E-state index in [4.69, 9.17) is 4.52 Å². The van der Waals surface area contributed by atoms with Gasteiger partial charge in [-0.15, -0.1) is 0 Å². The van der Waals surface area contributed by atoms with E-state index in [2.05, 4.69) is 22.4 Å². The van der Waals surface area contributed by atoms with Crippen molar-refractivity contribution in [1.29, 1.82) is 0 Å². The smallest absolute Gasteiger partial charge is 0.246 e. The summed E-state index contributed by atoms with van der Waals surface area (Å²) in [4.78, 5) is 6.53. The zero-order valence-corrected chi connectivity index (χ0v) is 10.3. The molecule has 1 N–H and O–H groups in total. The van der Waals surface area contributed by atoms with Crippen LogP contribution in [0.15, 0.2) is 4.52 Å². The van der Waals surface area contributed by atoms with E-state index < -0.39 is 0 Å². The maximum atomic E-state index is 5.39. The second-order valence-electron chi connectivity index (χ2n) is 4.72. The molecule has 1 aromatic rings. The Labute approximate surface area is 96.2 Å². The van der Waals surface area contributed by atoms with E-state index in [9.17, 15) is 0 Å². The van der Waals surface area contributed by atoms with Gasteiger partial charge in [0.05, 0.1) is 12.1 Å². The molecule has 16 heavy (non-hydrogen) atoms. The van der Waals surface area contributed by atoms with Crippen LogP contribution in [0.4, 0.5) is 0 Å². The van der Waals surface area contributed by atoms with Crippen molar-refractivity contribution in [3.8, 4) is 0 Å². The van der Waals surface area contributed by atoms with Gasteiger partial charge in [0.25, 0.3) is 0 Å². The van der Waals surface area contributed by atoms with Crippen LogP contribution in [0.25, 0.3) is 0 Å². The van der Waals surface area contributed by atoms with Gasteiger partial charge in [-0.2, -0.15) is 4.98 Å². The lowest BCUT2D eigenvalue weighted by Gasteiger charge is -2.22. The quantitative estimate of drug-likeness (QED) is 0.830. The highest BCUT2D eigenvalue weighted by atomic mass is 16.5. The Morgan fingerprint density at radius 2 is 2.31 bits per heavy atom. The molecule has 2 rings (SSSR count). The third-order valence-electron chi connectivity index (χ3n) is 3.18. The third-order valence-corrected chi connectivity index (χ3v) is 3.18. The van der Waals surface area contributed by atoms with Gasteiger partial charge >= 0.3 is 0 Å². The van der Waals surface area contributed by atoms with Gasteiger partial charge in [-0.05, 0) is 39.9 Å². The molecule has 2 heterocycles. The fraction of sp³-hybridized carbons (Fsp3) is 0.818. The van der Waals surface area contributed by atoms with E-state index in [1.165, 1.54) is 6.42 Å². The van der Waals surface area contributed by atoms with E-state index >= 15 is 0 Å². The van der Waals surface area contributed by atoms with Gasteiger partial charge in [0.1, 0.15) is 0 Å². The summed E-state index contributed by atoms with van der Waals surface area (Å²) in [6.07, 6.45) is 3.27. The Bertz CT molecular complexity index is 342. The van der Waals surface area contributed by atoms with Crippen molar-refractivity contribution in [3.05, 3.63) is 11.7 Å². The van der Waals surface area contributed by atoms with Crippen molar-refractivity contribution in [2.45, 2.75) is 38.3 Å². The standard InChI is InChI=1S/C11H20N4O/c1-4-11(6-5-7-12-11)10-13-9(14-16-10)8-15(2)3/h12H,4-8H2,1-3H3. The van der Waals surface area contributed by atoms with Crippen LogP contribution in [0, 0.1) is 0 Å². The Balaban J connectivity index is 2.16. The molecule has 1 unspecified atom stereocenters. The number of hydrogen-bond donors (Lipinski definition) is 1. The molecule has 1 aliphatic rings. The fourth-order valence-corrected chi connectivity index (χ4v) is 2.24. The minimum absolute atomic E-state index is 0.0719. The summed E-state index contributed by atoms with van der Waals surface area (Å²) in [5, 5.41) is 7.52. The fourth-order valence-electron chi connectivity index (χ4n) is 2.24. The van der Waals surface area contributed by atoms with Crippen LogP contribution in [0.5, 0.6) is 0 Å². The molecule has 1 aliphatic heterocycles. The molecule has 0 radical (unpaired) electrons. The predicted molar refractivity (Wildman–Crippen MR) is 60.9 cm³/mol. The van der Waals surface area contributed by atoms with Gasteiger partial charge in [0.2, 0.25) is 5.89 Å². The molecule has 5 nitrogen and oxygen atoms in total. The van der Waals surface area contributed by atoms with Crippen LogP contribution in [0.1, 0.15) is 37.9 Å². The monoisotopic (exact) mass is 224 g/mol. The van der Waals surface area contributed by atoms with Gasteiger partial charge in [-0.3, -0.25) is 0 Å². The van der Waals surface area contributed by atoms with Crippen molar-refractivity contribution in [2.75, 3.05) is 20.6 Å². The highest BCUT2D eigenvalue weighted by molar-refractivity contribution is 5.06. The molecular formula is C11H20N4O. The van der Waals surface area contributed by atoms with Crippen LogP contribution >= 0.6 is 0 Å². The molecule has 1 aromatic heterocycles. The van der Waals surface area contributed by atoms with Crippen molar-refractivity contribution in [2.24, 2.45) is 0 Å². The lowest BCUT2D eigenvalue weighted by atomic mass is 9.94. The minimum atomic E-state index is -0.0719. The minimum Gasteiger partial charge on any atom is -0.337 e. The molecule has 90 valence electrons. The largest absolute Gasteiger partial charge is 0.337 e. The summed E-state index contributed by atoms with van der Waals surface area (Å²) in [5.41, 5.74) is -0.0719. The van der Waals surface area contributed by atoms with Gasteiger partial charge in [-0.1, -0.05) is 12.1 Å². The van der Waals surface area contributed by atoms with Crippen molar-refractivity contribution in [3.63, 3.8) is 0 Å². The summed E-state index contributed by atoms with van der Waals surface area (Å²) in [6.45, 7) is 3.93. The van der Waals surface area contributed by atoms with E-state index in [0.29, 0.717) is 0 Å². The average molecular weight is 224 g/mol. The van der Waals surface area contributed by atoms with Crippen molar-refractivity contribution >= 4 is 0 Å². The first-order valence-corrected chi connectivity index (χ1v) is 5.89. The van der Waals surface area contributed by atoms with E-state index in [1.807, 2.05) is 19.0 Å². The molecule has 0 aliphatic carbocycles. The Morgan fingerprint density at radius 1 is 1.50 bits per heavy atom. The second kappa shape index (κ2) is 4.51. The average Bonchev–Trinajstić information content (AvgIpc) is 2.85. The van der Waals surface area contributed by atoms with E-state index in [-0.39, 0.29) is 5.54 Å². The molecule has 1 fully saturated rings. The molecule has 0 aromatic carbocycles. The van der Waals surface area contributed by atoms with Crippen LogP contribution < -0.4 is 5.32 Å². The van der Waals surface area contributed by atoms with Crippen molar-refractivity contribution < 1.29 is 4.52 Å². The number of nitrogens with zero attached hydrogens (tertiary/aromatic N) is 3. The first kappa shape index (κ1) is 11.5. The van der Waals surface area contributed by atoms with Gasteiger partial charge in [-0.25, -0.2) is 0 Å². The summed E-state index contributed by atoms with van der Waals surface area (Å²) in [5.74, 6) is 1.52. The lowest BCUT2D eigenvalue weighted by molar-refractivity contribution is 0.248. The van der Waals surface area contributed by atoms with Gasteiger partial charge in [0.15, 0.2) is 5.82 Å². The summed E-state index contributed by atoms with van der Waals surface area (Å²) >= 11 is 0. The second-order valence-corrected chi connectivity index (χ2v) is 4.72. The number of rotatable bonds is 4. The van der Waals surface area contributed by atoms with Crippen molar-refractivity contribution in [1.82, 2.24) is 20.4 Å². The van der Waals surface area contributed by atoms with Crippen LogP contribution in [0.3, 0.4) is 0 Å². The Kier molecular flexibility index (Phi) is 3.25. The molecule has 0 amide bonds. The van der Waals surface area contributed by atoms with E-state index in [1.54, 1.807) is 0 Å². The maximum absolute atomic E-state index is 5.39. The maximum Gasteiger partial charge on any atom is 0.246 e. The highest BCUT2D eigenvalue weighted by Gasteiger charge is 2.38. The first-order chi connectivity index (χ1) is 7.66. The highest BCUT2D eigenvalue weighted by Crippen LogP contribution is 2.32. The Hall–Kier alpha value is -0.940. The SMILES string of the molecule is CCC1(c2nc(CN(C)C)no2)CCCN1. The number of aromatic nitrogens is 2. The van der Waals surface area contributed by atoms with Crippen LogP contribution in [0.2, 0.25) is 0 Å². The number of nitrogens with one attached hydrogen (secondary N) is 1.